The maximum Gasteiger partial charge on any atom is 0.319 e. The minimum Gasteiger partial charge on any atom is -0.495 e. The maximum absolute atomic E-state index is 13.2. The van der Waals surface area contributed by atoms with Crippen LogP contribution < -0.4 is 30.5 Å². The molecule has 9 nitrogen and oxygen atoms in total. The molecule has 0 bridgehead atoms. The lowest BCUT2D eigenvalue weighted by atomic mass is 9.96. The first-order valence-electron chi connectivity index (χ1n) is 14.0. The zero-order valence-corrected chi connectivity index (χ0v) is 22.4. The van der Waals surface area contributed by atoms with Gasteiger partial charge in [-0.15, -0.1) is 0 Å². The molecule has 1 saturated carbocycles. The zero-order valence-electron chi connectivity index (χ0n) is 22.4. The van der Waals surface area contributed by atoms with Gasteiger partial charge in [0.05, 0.1) is 24.2 Å². The van der Waals surface area contributed by atoms with Crippen LogP contribution in [0.3, 0.4) is 0 Å². The zero-order chi connectivity index (χ0) is 26.3. The molecule has 0 unspecified atom stereocenters. The Balaban J connectivity index is 1.33. The van der Waals surface area contributed by atoms with E-state index in [2.05, 4.69) is 31.8 Å². The molecule has 38 heavy (non-hydrogen) atoms. The summed E-state index contributed by atoms with van der Waals surface area (Å²) >= 11 is 0. The van der Waals surface area contributed by atoms with Gasteiger partial charge in [-0.25, -0.2) is 4.79 Å². The van der Waals surface area contributed by atoms with Gasteiger partial charge in [-0.1, -0.05) is 31.4 Å². The summed E-state index contributed by atoms with van der Waals surface area (Å²) in [7, 11) is 1.70. The number of rotatable bonds is 6. The number of nitrogens with one attached hydrogen (secondary N) is 3. The maximum atomic E-state index is 13.2. The van der Waals surface area contributed by atoms with Gasteiger partial charge < -0.3 is 35.4 Å². The Morgan fingerprint density at radius 3 is 2.26 bits per heavy atom. The van der Waals surface area contributed by atoms with Gasteiger partial charge in [0.2, 0.25) is 0 Å². The van der Waals surface area contributed by atoms with Crippen LogP contribution in [0.25, 0.3) is 0 Å². The third-order valence-electron chi connectivity index (χ3n) is 7.88. The first kappa shape index (κ1) is 26.2. The van der Waals surface area contributed by atoms with E-state index in [1.807, 2.05) is 41.3 Å². The van der Waals surface area contributed by atoms with Crippen molar-refractivity contribution in [3.05, 3.63) is 48.0 Å². The van der Waals surface area contributed by atoms with E-state index in [4.69, 9.17) is 4.74 Å². The summed E-state index contributed by atoms with van der Waals surface area (Å²) in [5.74, 6) is 0.883. The second kappa shape index (κ2) is 12.4. The Morgan fingerprint density at radius 1 is 0.868 bits per heavy atom. The van der Waals surface area contributed by atoms with Crippen molar-refractivity contribution in [1.82, 2.24) is 15.5 Å². The van der Waals surface area contributed by atoms with Crippen LogP contribution in [0.5, 0.6) is 5.75 Å². The smallest absolute Gasteiger partial charge is 0.319 e. The second-order valence-electron chi connectivity index (χ2n) is 10.4. The summed E-state index contributed by atoms with van der Waals surface area (Å²) in [5, 5.41) is 9.56. The van der Waals surface area contributed by atoms with Gasteiger partial charge in [0.15, 0.2) is 0 Å². The summed E-state index contributed by atoms with van der Waals surface area (Å²) in [6.45, 7) is 6.23. The van der Waals surface area contributed by atoms with Crippen molar-refractivity contribution in [2.45, 2.75) is 38.1 Å². The van der Waals surface area contributed by atoms with Crippen LogP contribution in [-0.4, -0.2) is 82.3 Å². The molecule has 3 N–H and O–H groups in total. The molecular formula is C29H40N6O3. The molecule has 9 heteroatoms. The highest BCUT2D eigenvalue weighted by molar-refractivity contribution is 5.99. The molecule has 2 aromatic rings. The van der Waals surface area contributed by atoms with Crippen molar-refractivity contribution in [3.63, 3.8) is 0 Å². The Kier molecular flexibility index (Phi) is 8.53. The van der Waals surface area contributed by atoms with Crippen LogP contribution in [-0.2, 0) is 0 Å². The molecule has 0 aromatic heterocycles. The normalized spacial score (nSPS) is 18.7. The highest BCUT2D eigenvalue weighted by Crippen LogP contribution is 2.32. The van der Waals surface area contributed by atoms with Crippen molar-refractivity contribution in [3.8, 4) is 5.75 Å². The van der Waals surface area contributed by atoms with E-state index in [9.17, 15) is 9.59 Å². The van der Waals surface area contributed by atoms with Crippen LogP contribution in [0.1, 0.15) is 42.5 Å². The van der Waals surface area contributed by atoms with Gasteiger partial charge in [-0.05, 0) is 43.2 Å². The van der Waals surface area contributed by atoms with E-state index in [1.165, 1.54) is 6.42 Å². The first-order valence-corrected chi connectivity index (χ1v) is 14.0. The largest absolute Gasteiger partial charge is 0.495 e. The average molecular weight is 521 g/mol. The Bertz CT molecular complexity index is 1110. The summed E-state index contributed by atoms with van der Waals surface area (Å²) in [6, 6.07) is 13.9. The summed E-state index contributed by atoms with van der Waals surface area (Å²) in [6.07, 6.45) is 5.59. The van der Waals surface area contributed by atoms with Crippen molar-refractivity contribution < 1.29 is 14.3 Å². The number of benzene rings is 2. The summed E-state index contributed by atoms with van der Waals surface area (Å²) in [4.78, 5) is 32.8. The predicted molar refractivity (Wildman–Crippen MR) is 152 cm³/mol. The van der Waals surface area contributed by atoms with Gasteiger partial charge in [-0.2, -0.15) is 0 Å². The molecular weight excluding hydrogens is 480 g/mol. The Labute approximate surface area is 225 Å². The van der Waals surface area contributed by atoms with E-state index in [0.717, 1.165) is 82.1 Å². The molecule has 204 valence electrons. The van der Waals surface area contributed by atoms with Crippen molar-refractivity contribution in [1.29, 1.82) is 0 Å². The number of piperazine rings is 2. The van der Waals surface area contributed by atoms with Crippen LogP contribution in [0.2, 0.25) is 0 Å². The minimum absolute atomic E-state index is 0.00906. The van der Waals surface area contributed by atoms with Gasteiger partial charge in [0, 0.05) is 64.0 Å². The van der Waals surface area contributed by atoms with Gasteiger partial charge >= 0.3 is 6.03 Å². The number of anilines is 3. The monoisotopic (exact) mass is 520 g/mol. The van der Waals surface area contributed by atoms with Gasteiger partial charge in [0.1, 0.15) is 5.75 Å². The highest BCUT2D eigenvalue weighted by atomic mass is 16.5. The molecule has 2 heterocycles. The van der Waals surface area contributed by atoms with E-state index in [0.29, 0.717) is 24.3 Å². The molecule has 0 spiro atoms. The highest BCUT2D eigenvalue weighted by Gasteiger charge is 2.25. The second-order valence-corrected chi connectivity index (χ2v) is 10.4. The molecule has 3 amide bonds. The molecule has 2 aromatic carbocycles. The molecule has 3 fully saturated rings. The van der Waals surface area contributed by atoms with E-state index >= 15 is 0 Å². The number of para-hydroxylation sites is 2. The van der Waals surface area contributed by atoms with Gasteiger partial charge in [0.25, 0.3) is 5.91 Å². The Hall–Kier alpha value is -3.46. The van der Waals surface area contributed by atoms with Gasteiger partial charge in [-0.3, -0.25) is 4.79 Å². The summed E-state index contributed by atoms with van der Waals surface area (Å²) in [5.41, 5.74) is 3.33. The van der Waals surface area contributed by atoms with Crippen LogP contribution >= 0.6 is 0 Å². The van der Waals surface area contributed by atoms with E-state index in [1.54, 1.807) is 7.11 Å². The lowest BCUT2D eigenvalue weighted by Gasteiger charge is -2.38. The van der Waals surface area contributed by atoms with E-state index in [-0.39, 0.29) is 18.0 Å². The number of ether oxygens (including phenoxy) is 1. The number of methoxy groups -OCH3 is 1. The molecule has 1 aliphatic carbocycles. The molecule has 3 aliphatic rings. The van der Waals surface area contributed by atoms with Crippen molar-refractivity contribution in [2.75, 3.05) is 74.6 Å². The number of hydrogen-bond donors (Lipinski definition) is 3. The fourth-order valence-corrected chi connectivity index (χ4v) is 5.77. The van der Waals surface area contributed by atoms with E-state index < -0.39 is 0 Å². The number of nitrogens with zero attached hydrogens (tertiary/aromatic N) is 3. The average Bonchev–Trinajstić information content (AvgIpc) is 2.98. The lowest BCUT2D eigenvalue weighted by Crippen LogP contribution is -2.47. The number of amides is 3. The third-order valence-corrected chi connectivity index (χ3v) is 7.88. The summed E-state index contributed by atoms with van der Waals surface area (Å²) < 4.78 is 5.57. The minimum atomic E-state index is -0.197. The van der Waals surface area contributed by atoms with Crippen LogP contribution in [0.4, 0.5) is 21.9 Å². The van der Waals surface area contributed by atoms with Crippen LogP contribution in [0, 0.1) is 0 Å². The number of carbonyl (C=O) groups is 2. The first-order chi connectivity index (χ1) is 18.6. The number of urea groups is 1. The van der Waals surface area contributed by atoms with Crippen molar-refractivity contribution >= 4 is 29.0 Å². The molecule has 0 radical (unpaired) electrons. The fraction of sp³-hybridized carbons (Fsp3) is 0.517. The molecule has 5 rings (SSSR count). The standard InChI is InChI=1S/C29H40N6O3/c1-38-27-10-6-5-9-26(27)34-19-17-33(18-20-34)25-12-11-22(28(36)35-15-13-30-14-16-35)21-24(25)32-29(37)31-23-7-3-2-4-8-23/h5-6,9-12,21,23,30H,2-4,7-8,13-20H2,1H3,(H2,31,32,37). The SMILES string of the molecule is COc1ccccc1N1CCN(c2ccc(C(=O)N3CCNCC3)cc2NC(=O)NC2CCCCC2)CC1. The number of hydrogen-bond acceptors (Lipinski definition) is 6. The quantitative estimate of drug-likeness (QED) is 0.540. The molecule has 2 aliphatic heterocycles. The molecule has 0 atom stereocenters. The van der Waals surface area contributed by atoms with Crippen molar-refractivity contribution in [2.24, 2.45) is 0 Å². The topological polar surface area (TPSA) is 89.2 Å². The fourth-order valence-electron chi connectivity index (χ4n) is 5.77. The molecule has 2 saturated heterocycles. The number of carbonyl (C=O) groups excluding carboxylic acids is 2. The lowest BCUT2D eigenvalue weighted by molar-refractivity contribution is 0.0736. The van der Waals surface area contributed by atoms with Crippen LogP contribution in [0.15, 0.2) is 42.5 Å². The Morgan fingerprint density at radius 2 is 1.55 bits per heavy atom. The third kappa shape index (κ3) is 6.15. The predicted octanol–water partition coefficient (Wildman–Crippen LogP) is 3.52.